The van der Waals surface area contributed by atoms with Crippen LogP contribution in [0.25, 0.3) is 0 Å². The molecule has 1 amide bonds. The second-order valence-corrected chi connectivity index (χ2v) is 5.28. The fourth-order valence-electron chi connectivity index (χ4n) is 2.11. The second-order valence-electron chi connectivity index (χ2n) is 4.89. The van der Waals surface area contributed by atoms with Crippen LogP contribution in [0.15, 0.2) is 42.9 Å². The number of carbonyl (C=O) groups is 1. The zero-order valence-corrected chi connectivity index (χ0v) is 11.6. The molecular formula is C15H14ClN3O. The molecule has 3 rings (SSSR count). The van der Waals surface area contributed by atoms with Crippen molar-refractivity contribution < 1.29 is 4.79 Å². The maximum atomic E-state index is 12.6. The number of halogens is 1. The summed E-state index contributed by atoms with van der Waals surface area (Å²) in [6.45, 7) is 0.606. The van der Waals surface area contributed by atoms with Gasteiger partial charge >= 0.3 is 0 Å². The van der Waals surface area contributed by atoms with Crippen molar-refractivity contribution in [3.05, 3.63) is 59.1 Å². The SMILES string of the molecule is O=C(c1ccc(Cl)nc1)N(Cc1ccncc1)C1CC1. The van der Waals surface area contributed by atoms with Crippen molar-refractivity contribution in [1.29, 1.82) is 0 Å². The molecule has 0 bridgehead atoms. The second kappa shape index (κ2) is 5.59. The minimum atomic E-state index is 0.00785. The highest BCUT2D eigenvalue weighted by molar-refractivity contribution is 6.29. The van der Waals surface area contributed by atoms with Crippen LogP contribution in [0.5, 0.6) is 0 Å². The maximum absolute atomic E-state index is 12.6. The third-order valence-electron chi connectivity index (χ3n) is 3.33. The van der Waals surface area contributed by atoms with Crippen molar-refractivity contribution in [1.82, 2.24) is 14.9 Å². The number of nitrogens with zero attached hydrogens (tertiary/aromatic N) is 3. The first kappa shape index (κ1) is 13.1. The van der Waals surface area contributed by atoms with Gasteiger partial charge in [0.05, 0.1) is 5.56 Å². The van der Waals surface area contributed by atoms with Crippen molar-refractivity contribution in [2.45, 2.75) is 25.4 Å². The van der Waals surface area contributed by atoms with Gasteiger partial charge in [-0.3, -0.25) is 9.78 Å². The quantitative estimate of drug-likeness (QED) is 0.812. The lowest BCUT2D eigenvalue weighted by Gasteiger charge is -2.22. The Morgan fingerprint density at radius 3 is 2.60 bits per heavy atom. The molecule has 1 saturated carbocycles. The van der Waals surface area contributed by atoms with E-state index in [0.717, 1.165) is 18.4 Å². The maximum Gasteiger partial charge on any atom is 0.255 e. The first-order valence-electron chi connectivity index (χ1n) is 6.55. The summed E-state index contributed by atoms with van der Waals surface area (Å²) < 4.78 is 0. The third-order valence-corrected chi connectivity index (χ3v) is 3.55. The summed E-state index contributed by atoms with van der Waals surface area (Å²) in [7, 11) is 0. The third kappa shape index (κ3) is 2.96. The van der Waals surface area contributed by atoms with Gasteiger partial charge in [-0.1, -0.05) is 11.6 Å². The van der Waals surface area contributed by atoms with E-state index in [1.807, 2.05) is 17.0 Å². The summed E-state index contributed by atoms with van der Waals surface area (Å²) in [6, 6.07) is 7.57. The van der Waals surface area contributed by atoms with E-state index in [-0.39, 0.29) is 5.91 Å². The van der Waals surface area contributed by atoms with Crippen molar-refractivity contribution in [3.63, 3.8) is 0 Å². The van der Waals surface area contributed by atoms with E-state index >= 15 is 0 Å². The Bertz CT molecular complexity index is 596. The molecule has 2 heterocycles. The van der Waals surface area contributed by atoms with E-state index in [0.29, 0.717) is 23.3 Å². The van der Waals surface area contributed by atoms with Gasteiger partial charge in [-0.15, -0.1) is 0 Å². The minimum absolute atomic E-state index is 0.00785. The van der Waals surface area contributed by atoms with Crippen molar-refractivity contribution in [2.24, 2.45) is 0 Å². The highest BCUT2D eigenvalue weighted by Crippen LogP contribution is 2.29. The Morgan fingerprint density at radius 1 is 1.25 bits per heavy atom. The van der Waals surface area contributed by atoms with Gasteiger partial charge in [0.15, 0.2) is 0 Å². The number of hydrogen-bond donors (Lipinski definition) is 0. The van der Waals surface area contributed by atoms with Gasteiger partial charge in [-0.2, -0.15) is 0 Å². The monoisotopic (exact) mass is 287 g/mol. The van der Waals surface area contributed by atoms with Gasteiger partial charge in [-0.25, -0.2) is 4.98 Å². The van der Waals surface area contributed by atoms with E-state index in [1.165, 1.54) is 6.20 Å². The average molecular weight is 288 g/mol. The van der Waals surface area contributed by atoms with Crippen LogP contribution < -0.4 is 0 Å². The predicted octanol–water partition coefficient (Wildman–Crippen LogP) is 2.93. The highest BCUT2D eigenvalue weighted by Gasteiger charge is 2.33. The molecule has 102 valence electrons. The van der Waals surface area contributed by atoms with Crippen LogP contribution in [-0.2, 0) is 6.54 Å². The van der Waals surface area contributed by atoms with E-state index in [9.17, 15) is 4.79 Å². The van der Waals surface area contributed by atoms with E-state index < -0.39 is 0 Å². The van der Waals surface area contributed by atoms with E-state index in [2.05, 4.69) is 9.97 Å². The molecule has 0 saturated heterocycles. The Hall–Kier alpha value is -1.94. The predicted molar refractivity (Wildman–Crippen MR) is 76.4 cm³/mol. The van der Waals surface area contributed by atoms with Gasteiger partial charge in [0, 0.05) is 31.2 Å². The summed E-state index contributed by atoms with van der Waals surface area (Å²) in [4.78, 5) is 22.4. The van der Waals surface area contributed by atoms with Crippen LogP contribution in [0.4, 0.5) is 0 Å². The number of amides is 1. The molecule has 0 unspecified atom stereocenters. The molecule has 0 atom stereocenters. The Morgan fingerprint density at radius 2 is 2.00 bits per heavy atom. The Balaban J connectivity index is 1.80. The number of rotatable bonds is 4. The number of hydrogen-bond acceptors (Lipinski definition) is 3. The molecular weight excluding hydrogens is 274 g/mol. The normalized spacial score (nSPS) is 14.1. The molecule has 2 aromatic heterocycles. The van der Waals surface area contributed by atoms with Gasteiger partial charge < -0.3 is 4.90 Å². The standard InChI is InChI=1S/C15H14ClN3O/c16-14-4-1-12(9-18-14)15(20)19(13-2-3-13)10-11-5-7-17-8-6-11/h1,4-9,13H,2-3,10H2. The topological polar surface area (TPSA) is 46.1 Å². The van der Waals surface area contributed by atoms with Gasteiger partial charge in [-0.05, 0) is 42.7 Å². The molecule has 1 aliphatic carbocycles. The average Bonchev–Trinajstić information content (AvgIpc) is 3.30. The van der Waals surface area contributed by atoms with Crippen LogP contribution in [0.1, 0.15) is 28.8 Å². The molecule has 0 N–H and O–H groups in total. The molecule has 0 aromatic carbocycles. The molecule has 1 aliphatic rings. The lowest BCUT2D eigenvalue weighted by Crippen LogP contribution is -2.32. The number of aromatic nitrogens is 2. The Labute approximate surface area is 122 Å². The first-order valence-corrected chi connectivity index (χ1v) is 6.93. The summed E-state index contributed by atoms with van der Waals surface area (Å²) >= 11 is 5.76. The molecule has 5 heteroatoms. The molecule has 0 radical (unpaired) electrons. The van der Waals surface area contributed by atoms with E-state index in [1.54, 1.807) is 24.5 Å². The van der Waals surface area contributed by atoms with Gasteiger partial charge in [0.2, 0.25) is 0 Å². The van der Waals surface area contributed by atoms with Crippen LogP contribution in [-0.4, -0.2) is 26.8 Å². The lowest BCUT2D eigenvalue weighted by molar-refractivity contribution is 0.0729. The van der Waals surface area contributed by atoms with Crippen molar-refractivity contribution >= 4 is 17.5 Å². The smallest absolute Gasteiger partial charge is 0.255 e. The largest absolute Gasteiger partial charge is 0.331 e. The minimum Gasteiger partial charge on any atom is -0.331 e. The molecule has 2 aromatic rings. The first-order chi connectivity index (χ1) is 9.74. The zero-order valence-electron chi connectivity index (χ0n) is 10.9. The van der Waals surface area contributed by atoms with Crippen molar-refractivity contribution in [3.8, 4) is 0 Å². The molecule has 0 spiro atoms. The van der Waals surface area contributed by atoms with E-state index in [4.69, 9.17) is 11.6 Å². The number of carbonyl (C=O) groups excluding carboxylic acids is 1. The summed E-state index contributed by atoms with van der Waals surface area (Å²) in [5.74, 6) is 0.00785. The molecule has 4 nitrogen and oxygen atoms in total. The lowest BCUT2D eigenvalue weighted by atomic mass is 10.2. The molecule has 1 fully saturated rings. The van der Waals surface area contributed by atoms with Crippen LogP contribution >= 0.6 is 11.6 Å². The van der Waals surface area contributed by atoms with Crippen LogP contribution in [0, 0.1) is 0 Å². The fraction of sp³-hybridized carbons (Fsp3) is 0.267. The van der Waals surface area contributed by atoms with Gasteiger partial charge in [0.1, 0.15) is 5.15 Å². The highest BCUT2D eigenvalue weighted by atomic mass is 35.5. The molecule has 20 heavy (non-hydrogen) atoms. The summed E-state index contributed by atoms with van der Waals surface area (Å²) in [5, 5.41) is 0.397. The summed E-state index contributed by atoms with van der Waals surface area (Å²) in [5.41, 5.74) is 1.66. The summed E-state index contributed by atoms with van der Waals surface area (Å²) in [6.07, 6.45) is 7.16. The Kier molecular flexibility index (Phi) is 3.65. The zero-order chi connectivity index (χ0) is 13.9. The molecule has 0 aliphatic heterocycles. The van der Waals surface area contributed by atoms with Crippen LogP contribution in [0.3, 0.4) is 0 Å². The fourth-order valence-corrected chi connectivity index (χ4v) is 2.22. The van der Waals surface area contributed by atoms with Gasteiger partial charge in [0.25, 0.3) is 5.91 Å². The number of pyridine rings is 2. The van der Waals surface area contributed by atoms with Crippen molar-refractivity contribution in [2.75, 3.05) is 0 Å². The van der Waals surface area contributed by atoms with Crippen LogP contribution in [0.2, 0.25) is 5.15 Å².